The van der Waals surface area contributed by atoms with Crippen LogP contribution >= 0.6 is 31.9 Å². The Balaban J connectivity index is 1.96. The average molecular weight is 393 g/mol. The molecule has 2 rings (SSSR count). The van der Waals surface area contributed by atoms with Gasteiger partial charge in [-0.1, -0.05) is 0 Å². The van der Waals surface area contributed by atoms with Crippen LogP contribution in [0.15, 0.2) is 21.1 Å². The molecule has 0 bridgehead atoms. The first-order chi connectivity index (χ1) is 9.20. The van der Waals surface area contributed by atoms with Crippen LogP contribution in [-0.4, -0.2) is 25.9 Å². The number of rotatable bonds is 5. The van der Waals surface area contributed by atoms with Crippen molar-refractivity contribution in [2.45, 2.75) is 32.4 Å². The van der Waals surface area contributed by atoms with Gasteiger partial charge in [-0.3, -0.25) is 0 Å². The molecule has 0 spiro atoms. The van der Waals surface area contributed by atoms with Crippen molar-refractivity contribution < 1.29 is 9.47 Å². The number of hydrogen-bond acceptors (Lipinski definition) is 3. The van der Waals surface area contributed by atoms with Crippen molar-refractivity contribution in [2.24, 2.45) is 0 Å². The SMILES string of the molecule is CCOc1c(Br)cc(CNC2CCOCC2)cc1Br. The first-order valence-electron chi connectivity index (χ1n) is 6.62. The second-order valence-corrected chi connectivity index (χ2v) is 6.30. The van der Waals surface area contributed by atoms with E-state index in [9.17, 15) is 0 Å². The smallest absolute Gasteiger partial charge is 0.147 e. The maximum Gasteiger partial charge on any atom is 0.147 e. The summed E-state index contributed by atoms with van der Waals surface area (Å²) in [6.45, 7) is 5.26. The summed E-state index contributed by atoms with van der Waals surface area (Å²) in [5.41, 5.74) is 1.24. The Bertz CT molecular complexity index is 397. The average Bonchev–Trinajstić information content (AvgIpc) is 2.42. The lowest BCUT2D eigenvalue weighted by Gasteiger charge is -2.23. The van der Waals surface area contributed by atoms with E-state index in [1.165, 1.54) is 5.56 Å². The summed E-state index contributed by atoms with van der Waals surface area (Å²) in [5, 5.41) is 3.58. The predicted octanol–water partition coefficient (Wildman–Crippen LogP) is 3.88. The Kier molecular flexibility index (Phi) is 6.13. The van der Waals surface area contributed by atoms with Crippen LogP contribution < -0.4 is 10.1 Å². The van der Waals surface area contributed by atoms with Gasteiger partial charge in [0.15, 0.2) is 0 Å². The highest BCUT2D eigenvalue weighted by atomic mass is 79.9. The third-order valence-corrected chi connectivity index (χ3v) is 4.34. The summed E-state index contributed by atoms with van der Waals surface area (Å²) >= 11 is 7.12. The van der Waals surface area contributed by atoms with Crippen molar-refractivity contribution in [3.8, 4) is 5.75 Å². The molecule has 0 atom stereocenters. The summed E-state index contributed by atoms with van der Waals surface area (Å²) in [6, 6.07) is 4.79. The lowest BCUT2D eigenvalue weighted by atomic mass is 10.1. The van der Waals surface area contributed by atoms with E-state index in [2.05, 4.69) is 49.3 Å². The summed E-state index contributed by atoms with van der Waals surface area (Å²) in [5.74, 6) is 0.873. The van der Waals surface area contributed by atoms with Crippen LogP contribution in [0.4, 0.5) is 0 Å². The van der Waals surface area contributed by atoms with E-state index in [4.69, 9.17) is 9.47 Å². The van der Waals surface area contributed by atoms with Gasteiger partial charge in [0.1, 0.15) is 5.75 Å². The van der Waals surface area contributed by atoms with Gasteiger partial charge in [-0.05, 0) is 69.3 Å². The van der Waals surface area contributed by atoms with Gasteiger partial charge in [0, 0.05) is 25.8 Å². The van der Waals surface area contributed by atoms with Crippen LogP contribution in [-0.2, 0) is 11.3 Å². The Morgan fingerprint density at radius 2 is 1.89 bits per heavy atom. The molecule has 19 heavy (non-hydrogen) atoms. The van der Waals surface area contributed by atoms with Crippen LogP contribution in [0.2, 0.25) is 0 Å². The minimum Gasteiger partial charge on any atom is -0.492 e. The quantitative estimate of drug-likeness (QED) is 0.824. The van der Waals surface area contributed by atoms with Crippen molar-refractivity contribution in [1.29, 1.82) is 0 Å². The van der Waals surface area contributed by atoms with E-state index in [1.54, 1.807) is 0 Å². The summed E-state index contributed by atoms with van der Waals surface area (Å²) in [4.78, 5) is 0. The number of hydrogen-bond donors (Lipinski definition) is 1. The van der Waals surface area contributed by atoms with Crippen molar-refractivity contribution in [3.05, 3.63) is 26.6 Å². The molecule has 0 saturated carbocycles. The number of ether oxygens (including phenoxy) is 2. The minimum atomic E-state index is 0.567. The number of halogens is 2. The van der Waals surface area contributed by atoms with E-state index in [-0.39, 0.29) is 0 Å². The highest BCUT2D eigenvalue weighted by Crippen LogP contribution is 2.34. The summed E-state index contributed by atoms with van der Waals surface area (Å²) in [7, 11) is 0. The lowest BCUT2D eigenvalue weighted by Crippen LogP contribution is -2.34. The van der Waals surface area contributed by atoms with E-state index in [1.807, 2.05) is 6.92 Å². The molecular formula is C14H19Br2NO2. The molecule has 106 valence electrons. The molecule has 1 aromatic carbocycles. The van der Waals surface area contributed by atoms with E-state index in [0.717, 1.165) is 47.3 Å². The molecule has 0 amide bonds. The predicted molar refractivity (Wildman–Crippen MR) is 83.7 cm³/mol. The third-order valence-electron chi connectivity index (χ3n) is 3.16. The molecule has 0 aromatic heterocycles. The molecule has 5 heteroatoms. The van der Waals surface area contributed by atoms with Gasteiger partial charge in [0.2, 0.25) is 0 Å². The third kappa shape index (κ3) is 4.45. The van der Waals surface area contributed by atoms with Gasteiger partial charge < -0.3 is 14.8 Å². The first kappa shape index (κ1) is 15.3. The summed E-state index contributed by atoms with van der Waals surface area (Å²) < 4.78 is 12.9. The highest BCUT2D eigenvalue weighted by molar-refractivity contribution is 9.11. The second-order valence-electron chi connectivity index (χ2n) is 4.59. The number of benzene rings is 1. The van der Waals surface area contributed by atoms with Crippen LogP contribution in [0.1, 0.15) is 25.3 Å². The molecule has 3 nitrogen and oxygen atoms in total. The standard InChI is InChI=1S/C14H19Br2NO2/c1-2-19-14-12(15)7-10(8-13(14)16)9-17-11-3-5-18-6-4-11/h7-8,11,17H,2-6,9H2,1H3. The molecule has 1 aliphatic rings. The second kappa shape index (κ2) is 7.62. The molecule has 0 aliphatic carbocycles. The Hall–Kier alpha value is -0.100. The molecule has 1 saturated heterocycles. The molecule has 1 N–H and O–H groups in total. The van der Waals surface area contributed by atoms with Crippen LogP contribution in [0.5, 0.6) is 5.75 Å². The fourth-order valence-electron chi connectivity index (χ4n) is 2.16. The fraction of sp³-hybridized carbons (Fsp3) is 0.571. The molecule has 0 radical (unpaired) electrons. The zero-order valence-electron chi connectivity index (χ0n) is 11.0. The van der Waals surface area contributed by atoms with Gasteiger partial charge in [-0.2, -0.15) is 0 Å². The van der Waals surface area contributed by atoms with Crippen molar-refractivity contribution in [1.82, 2.24) is 5.32 Å². The molecule has 1 aliphatic heterocycles. The Labute approximate surface area is 131 Å². The Morgan fingerprint density at radius 3 is 2.47 bits per heavy atom. The van der Waals surface area contributed by atoms with Crippen molar-refractivity contribution >= 4 is 31.9 Å². The van der Waals surface area contributed by atoms with Crippen molar-refractivity contribution in [3.63, 3.8) is 0 Å². The lowest BCUT2D eigenvalue weighted by molar-refractivity contribution is 0.0776. The first-order valence-corrected chi connectivity index (χ1v) is 8.21. The van der Waals surface area contributed by atoms with Crippen molar-refractivity contribution in [2.75, 3.05) is 19.8 Å². The fourth-order valence-corrected chi connectivity index (χ4v) is 3.67. The van der Waals surface area contributed by atoms with Crippen LogP contribution in [0.25, 0.3) is 0 Å². The minimum absolute atomic E-state index is 0.567. The zero-order valence-corrected chi connectivity index (χ0v) is 14.2. The maximum atomic E-state index is 5.59. The zero-order chi connectivity index (χ0) is 13.7. The van der Waals surface area contributed by atoms with Crippen LogP contribution in [0.3, 0.4) is 0 Å². The molecule has 1 fully saturated rings. The molecule has 0 unspecified atom stereocenters. The van der Waals surface area contributed by atoms with Gasteiger partial charge in [-0.25, -0.2) is 0 Å². The normalized spacial score (nSPS) is 16.6. The van der Waals surface area contributed by atoms with Crippen LogP contribution in [0, 0.1) is 0 Å². The molecule has 1 heterocycles. The van der Waals surface area contributed by atoms with Gasteiger partial charge in [-0.15, -0.1) is 0 Å². The van der Waals surface area contributed by atoms with Gasteiger partial charge in [0.25, 0.3) is 0 Å². The van der Waals surface area contributed by atoms with Gasteiger partial charge >= 0.3 is 0 Å². The largest absolute Gasteiger partial charge is 0.492 e. The van der Waals surface area contributed by atoms with Gasteiger partial charge in [0.05, 0.1) is 15.6 Å². The van der Waals surface area contributed by atoms with E-state index < -0.39 is 0 Å². The molecule has 1 aromatic rings. The Morgan fingerprint density at radius 1 is 1.26 bits per heavy atom. The highest BCUT2D eigenvalue weighted by Gasteiger charge is 2.14. The molecular weight excluding hydrogens is 374 g/mol. The van der Waals surface area contributed by atoms with E-state index in [0.29, 0.717) is 12.6 Å². The maximum absolute atomic E-state index is 5.59. The summed E-state index contributed by atoms with van der Waals surface area (Å²) in [6.07, 6.45) is 2.19. The van der Waals surface area contributed by atoms with E-state index >= 15 is 0 Å². The monoisotopic (exact) mass is 391 g/mol. The topological polar surface area (TPSA) is 30.5 Å². The number of nitrogens with one attached hydrogen (secondary N) is 1.